The number of imidazole rings is 1. The molecule has 8 rings (SSSR count). The third kappa shape index (κ3) is 4.90. The van der Waals surface area contributed by atoms with Crippen molar-refractivity contribution < 1.29 is 19.4 Å². The molecule has 3 aliphatic heterocycles. The number of carbonyl (C=O) groups excluding carboxylic acids is 1. The smallest absolute Gasteiger partial charge is 0.304 e. The van der Waals surface area contributed by atoms with Gasteiger partial charge in [0, 0.05) is 38.7 Å². The van der Waals surface area contributed by atoms with Crippen molar-refractivity contribution in [2.24, 2.45) is 7.05 Å². The lowest BCUT2D eigenvalue weighted by molar-refractivity contribution is -0.137. The largest absolute Gasteiger partial charge is 0.494 e. The van der Waals surface area contributed by atoms with Gasteiger partial charge in [-0.1, -0.05) is 29.5 Å². The fourth-order valence-electron chi connectivity index (χ4n) is 6.61. The number of hydrogen-bond donors (Lipinski definition) is 1. The highest BCUT2D eigenvalue weighted by Gasteiger charge is 2.28. The summed E-state index contributed by atoms with van der Waals surface area (Å²) in [6.45, 7) is 4.36. The Morgan fingerprint density at radius 3 is 2.74 bits per heavy atom. The summed E-state index contributed by atoms with van der Waals surface area (Å²) in [6.07, 6.45) is 3.47. The van der Waals surface area contributed by atoms with E-state index in [2.05, 4.69) is 22.4 Å². The lowest BCUT2D eigenvalue weighted by Gasteiger charge is -2.30. The van der Waals surface area contributed by atoms with E-state index in [1.165, 1.54) is 5.56 Å². The van der Waals surface area contributed by atoms with Crippen molar-refractivity contribution in [1.82, 2.24) is 29.4 Å². The summed E-state index contributed by atoms with van der Waals surface area (Å²) in [6, 6.07) is 16.0. The monoisotopic (exact) mass is 578 g/mol. The molecule has 43 heavy (non-hydrogen) atoms. The number of aromatic nitrogens is 5. The molecular weight excluding hydrogens is 544 g/mol. The minimum absolute atomic E-state index is 0.0498. The Morgan fingerprint density at radius 1 is 1.02 bits per heavy atom. The van der Waals surface area contributed by atoms with Gasteiger partial charge in [-0.2, -0.15) is 0 Å². The molecule has 0 spiro atoms. The highest BCUT2D eigenvalue weighted by molar-refractivity contribution is 5.95. The van der Waals surface area contributed by atoms with Gasteiger partial charge in [0.2, 0.25) is 0 Å². The summed E-state index contributed by atoms with van der Waals surface area (Å²) in [5.74, 6) is -0.215. The molecule has 1 atom stereocenters. The third-order valence-electron chi connectivity index (χ3n) is 9.00. The van der Waals surface area contributed by atoms with Gasteiger partial charge < -0.3 is 19.3 Å². The quantitative estimate of drug-likeness (QED) is 0.314. The number of aryl methyl sites for hydroxylation is 3. The highest BCUT2D eigenvalue weighted by atomic mass is 16.5. The number of carbonyl (C=O) groups is 2. The molecule has 220 valence electrons. The van der Waals surface area contributed by atoms with E-state index in [1.807, 2.05) is 64.5 Å². The van der Waals surface area contributed by atoms with Crippen molar-refractivity contribution in [3.05, 3.63) is 82.2 Å². The first kappa shape index (κ1) is 27.1. The number of carboxylic acid groups (broad SMARTS) is 1. The molecule has 10 bridgehead atoms. The molecule has 5 aromatic rings. The van der Waals surface area contributed by atoms with Gasteiger partial charge in [0.25, 0.3) is 5.91 Å². The Morgan fingerprint density at radius 2 is 1.88 bits per heavy atom. The summed E-state index contributed by atoms with van der Waals surface area (Å²) in [5.41, 5.74) is 8.36. The molecule has 1 amide bonds. The van der Waals surface area contributed by atoms with Crippen molar-refractivity contribution >= 4 is 33.9 Å². The predicted octanol–water partition coefficient (Wildman–Crippen LogP) is 4.99. The van der Waals surface area contributed by atoms with Gasteiger partial charge in [0.1, 0.15) is 11.3 Å². The Labute approximate surface area is 248 Å². The summed E-state index contributed by atoms with van der Waals surface area (Å²) in [4.78, 5) is 32.4. The zero-order chi connectivity index (χ0) is 29.7. The van der Waals surface area contributed by atoms with E-state index in [1.54, 1.807) is 0 Å². The average Bonchev–Trinajstić information content (AvgIpc) is 3.57. The van der Waals surface area contributed by atoms with E-state index in [0.29, 0.717) is 25.5 Å². The van der Waals surface area contributed by atoms with Crippen molar-refractivity contribution in [3.8, 4) is 5.75 Å². The molecule has 0 aliphatic carbocycles. The number of aliphatic carboxylic acids is 1. The van der Waals surface area contributed by atoms with E-state index < -0.39 is 5.97 Å². The van der Waals surface area contributed by atoms with Crippen LogP contribution in [0, 0.1) is 6.92 Å². The van der Waals surface area contributed by atoms with E-state index in [-0.39, 0.29) is 18.2 Å². The van der Waals surface area contributed by atoms with Crippen LogP contribution in [0.25, 0.3) is 22.1 Å². The van der Waals surface area contributed by atoms with Gasteiger partial charge in [-0.25, -0.2) is 9.67 Å². The van der Waals surface area contributed by atoms with Crippen LogP contribution in [0.15, 0.2) is 48.5 Å². The molecule has 10 heteroatoms. The van der Waals surface area contributed by atoms with Crippen molar-refractivity contribution in [2.45, 2.75) is 58.0 Å². The minimum atomic E-state index is -0.867. The van der Waals surface area contributed by atoms with Crippen LogP contribution in [-0.4, -0.2) is 59.6 Å². The van der Waals surface area contributed by atoms with Crippen LogP contribution in [0.2, 0.25) is 0 Å². The number of hydrogen-bond acceptors (Lipinski definition) is 6. The second-order valence-electron chi connectivity index (χ2n) is 11.7. The molecule has 3 aliphatic rings. The maximum atomic E-state index is 13.8. The van der Waals surface area contributed by atoms with Crippen LogP contribution in [-0.2, 0) is 31.4 Å². The van der Waals surface area contributed by atoms with Gasteiger partial charge in [-0.15, -0.1) is 5.10 Å². The summed E-state index contributed by atoms with van der Waals surface area (Å²) >= 11 is 0. The highest BCUT2D eigenvalue weighted by Crippen LogP contribution is 2.35. The fraction of sp³-hybridized carbons (Fsp3) is 0.364. The molecule has 3 aromatic carbocycles. The molecular formula is C33H34N6O4. The number of ether oxygens (including phenoxy) is 1. The second kappa shape index (κ2) is 10.8. The predicted molar refractivity (Wildman–Crippen MR) is 161 cm³/mol. The Balaban J connectivity index is 1.31. The number of nitrogens with zero attached hydrogens (tertiary/aromatic N) is 6. The van der Waals surface area contributed by atoms with Crippen LogP contribution >= 0.6 is 0 Å². The maximum absolute atomic E-state index is 13.8. The minimum Gasteiger partial charge on any atom is -0.494 e. The molecule has 2 aromatic heterocycles. The maximum Gasteiger partial charge on any atom is 0.304 e. The number of benzene rings is 3. The Bertz CT molecular complexity index is 1890. The Kier molecular flexibility index (Phi) is 6.83. The zero-order valence-corrected chi connectivity index (χ0v) is 24.4. The first-order valence-electron chi connectivity index (χ1n) is 14.9. The summed E-state index contributed by atoms with van der Waals surface area (Å²) < 4.78 is 9.82. The lowest BCUT2D eigenvalue weighted by atomic mass is 9.83. The Hall–Kier alpha value is -4.73. The van der Waals surface area contributed by atoms with Gasteiger partial charge in [0.15, 0.2) is 5.82 Å². The molecule has 10 nitrogen and oxygen atoms in total. The van der Waals surface area contributed by atoms with Crippen molar-refractivity contribution in [2.75, 3.05) is 13.2 Å². The van der Waals surface area contributed by atoms with E-state index in [9.17, 15) is 14.7 Å². The van der Waals surface area contributed by atoms with Crippen LogP contribution in [0.1, 0.15) is 70.0 Å². The summed E-state index contributed by atoms with van der Waals surface area (Å²) in [7, 11) is 1.87. The number of carboxylic acids is 1. The zero-order valence-electron chi connectivity index (χ0n) is 24.4. The normalized spacial score (nSPS) is 17.5. The third-order valence-corrected chi connectivity index (χ3v) is 9.00. The SMILES string of the molecule is Cc1c2ccc3c1nnn3CCCCCOc1ccc3c(c1)nc(n3C)C(=O)N1CCc3ccc(cc3C1)C2CC(=O)O. The van der Waals surface area contributed by atoms with Crippen LogP contribution in [0.4, 0.5) is 0 Å². The standard InChI is InChI=1S/C33H34N6O4/c1-20-25-9-11-29-31(20)35-36-39(29)13-4-3-5-15-43-24-8-10-28-27(17-24)34-32(37(28)2)33(42)38-14-12-21-6-7-22(16-23(21)19-38)26(25)18-30(40)41/h6-11,16-17,26H,3-5,12-15,18-19H2,1-2H3,(H,40,41). The number of fused-ring (bicyclic) bond motifs is 6. The number of amides is 1. The molecule has 1 N–H and O–H groups in total. The fourth-order valence-corrected chi connectivity index (χ4v) is 6.61. The molecule has 5 heterocycles. The summed E-state index contributed by atoms with van der Waals surface area (Å²) in [5, 5.41) is 18.9. The van der Waals surface area contributed by atoms with E-state index in [4.69, 9.17) is 9.72 Å². The second-order valence-corrected chi connectivity index (χ2v) is 11.7. The van der Waals surface area contributed by atoms with Crippen molar-refractivity contribution in [1.29, 1.82) is 0 Å². The first-order chi connectivity index (χ1) is 20.9. The van der Waals surface area contributed by atoms with E-state index in [0.717, 1.165) is 82.3 Å². The molecule has 0 radical (unpaired) electrons. The van der Waals surface area contributed by atoms with Gasteiger partial charge in [0.05, 0.1) is 29.6 Å². The molecule has 1 unspecified atom stereocenters. The molecule has 0 fully saturated rings. The lowest BCUT2D eigenvalue weighted by Crippen LogP contribution is -2.37. The van der Waals surface area contributed by atoms with Gasteiger partial charge >= 0.3 is 5.97 Å². The number of rotatable bonds is 2. The van der Waals surface area contributed by atoms with Crippen molar-refractivity contribution in [3.63, 3.8) is 0 Å². The van der Waals surface area contributed by atoms with E-state index >= 15 is 0 Å². The molecule has 0 saturated carbocycles. The van der Waals surface area contributed by atoms with Gasteiger partial charge in [-0.3, -0.25) is 9.59 Å². The van der Waals surface area contributed by atoms with Crippen LogP contribution in [0.3, 0.4) is 0 Å². The molecule has 0 saturated heterocycles. The van der Waals surface area contributed by atoms with Gasteiger partial charge in [-0.05, 0) is 78.6 Å². The van der Waals surface area contributed by atoms with Crippen LogP contribution < -0.4 is 4.74 Å². The topological polar surface area (TPSA) is 115 Å². The first-order valence-corrected chi connectivity index (χ1v) is 14.9. The average molecular weight is 579 g/mol. The van der Waals surface area contributed by atoms with Crippen LogP contribution in [0.5, 0.6) is 5.75 Å².